The van der Waals surface area contributed by atoms with Crippen LogP contribution in [0, 0.1) is 5.92 Å². The maximum absolute atomic E-state index is 11.2. The van der Waals surface area contributed by atoms with Crippen molar-refractivity contribution < 1.29 is 5.11 Å². The van der Waals surface area contributed by atoms with Crippen molar-refractivity contribution in [1.29, 1.82) is 0 Å². The Labute approximate surface area is 131 Å². The highest BCUT2D eigenvalue weighted by Crippen LogP contribution is 2.44. The normalized spacial score (nSPS) is 31.7. The molecule has 2 fully saturated rings. The Hall–Kier alpha value is -1.61. The number of aromatic nitrogens is 1. The molecular formula is C19H24N2O. The SMILES string of the molecule is O[C@]12CCCC[C@@H]1CCC[C@H]2Nc1cc2ccccc2cn1. The number of anilines is 1. The third kappa shape index (κ3) is 2.38. The van der Waals surface area contributed by atoms with Gasteiger partial charge in [-0.3, -0.25) is 0 Å². The van der Waals surface area contributed by atoms with Crippen LogP contribution in [0.1, 0.15) is 44.9 Å². The van der Waals surface area contributed by atoms with Gasteiger partial charge in [-0.15, -0.1) is 0 Å². The Bertz CT molecular complexity index is 669. The number of hydrogen-bond donors (Lipinski definition) is 2. The third-order valence-corrected chi connectivity index (χ3v) is 5.69. The second-order valence-corrected chi connectivity index (χ2v) is 6.98. The van der Waals surface area contributed by atoms with Crippen LogP contribution in [-0.4, -0.2) is 21.7 Å². The van der Waals surface area contributed by atoms with Gasteiger partial charge in [0.2, 0.25) is 0 Å². The Kier molecular flexibility index (Phi) is 3.53. The molecular weight excluding hydrogens is 272 g/mol. The summed E-state index contributed by atoms with van der Waals surface area (Å²) in [6, 6.07) is 10.5. The van der Waals surface area contributed by atoms with E-state index in [1.807, 2.05) is 12.3 Å². The zero-order valence-corrected chi connectivity index (χ0v) is 13.0. The number of benzene rings is 1. The van der Waals surface area contributed by atoms with Crippen LogP contribution in [0.4, 0.5) is 5.82 Å². The predicted molar refractivity (Wildman–Crippen MR) is 89.9 cm³/mol. The molecule has 22 heavy (non-hydrogen) atoms. The minimum atomic E-state index is -0.538. The second kappa shape index (κ2) is 5.54. The van der Waals surface area contributed by atoms with Crippen molar-refractivity contribution in [2.45, 2.75) is 56.6 Å². The monoisotopic (exact) mass is 296 g/mol. The molecule has 2 aliphatic rings. The molecule has 0 aliphatic heterocycles. The Morgan fingerprint density at radius 2 is 1.86 bits per heavy atom. The van der Waals surface area contributed by atoms with Gasteiger partial charge in [0.05, 0.1) is 11.6 Å². The lowest BCUT2D eigenvalue weighted by Crippen LogP contribution is -2.56. The van der Waals surface area contributed by atoms with Crippen LogP contribution in [0.15, 0.2) is 36.5 Å². The van der Waals surface area contributed by atoms with Gasteiger partial charge < -0.3 is 10.4 Å². The Balaban J connectivity index is 1.60. The molecule has 0 amide bonds. The van der Waals surface area contributed by atoms with Gasteiger partial charge in [-0.2, -0.15) is 0 Å². The van der Waals surface area contributed by atoms with Gasteiger partial charge in [0.15, 0.2) is 0 Å². The first-order valence-electron chi connectivity index (χ1n) is 8.59. The van der Waals surface area contributed by atoms with Gasteiger partial charge in [0, 0.05) is 11.6 Å². The average Bonchev–Trinajstić information content (AvgIpc) is 2.55. The molecule has 0 unspecified atom stereocenters. The van der Waals surface area contributed by atoms with Gasteiger partial charge in [-0.25, -0.2) is 4.98 Å². The summed E-state index contributed by atoms with van der Waals surface area (Å²) in [7, 11) is 0. The summed E-state index contributed by atoms with van der Waals surface area (Å²) < 4.78 is 0. The standard InChI is InChI=1S/C19H24N2O/c22-19-11-4-3-8-16(19)9-5-10-17(19)21-18-12-14-6-1-2-7-15(14)13-20-18/h1-2,6-7,12-13,16-17,22H,3-5,8-11H2,(H,20,21)/t16-,17-,19-/m1/s1. The summed E-state index contributed by atoms with van der Waals surface area (Å²) in [5, 5.41) is 17.1. The van der Waals surface area contributed by atoms with Crippen LogP contribution in [0.3, 0.4) is 0 Å². The van der Waals surface area contributed by atoms with Gasteiger partial charge in [0.1, 0.15) is 5.82 Å². The lowest BCUT2D eigenvalue weighted by molar-refractivity contribution is -0.0836. The molecule has 0 spiro atoms. The smallest absolute Gasteiger partial charge is 0.126 e. The molecule has 4 rings (SSSR count). The highest BCUT2D eigenvalue weighted by molar-refractivity contribution is 5.83. The first-order chi connectivity index (χ1) is 10.8. The van der Waals surface area contributed by atoms with E-state index in [0.29, 0.717) is 5.92 Å². The van der Waals surface area contributed by atoms with Crippen LogP contribution in [-0.2, 0) is 0 Å². The topological polar surface area (TPSA) is 45.1 Å². The summed E-state index contributed by atoms with van der Waals surface area (Å²) in [4.78, 5) is 4.55. The van der Waals surface area contributed by atoms with Crippen molar-refractivity contribution in [2.24, 2.45) is 5.92 Å². The van der Waals surface area contributed by atoms with Crippen LogP contribution < -0.4 is 5.32 Å². The lowest BCUT2D eigenvalue weighted by Gasteiger charge is -2.49. The molecule has 0 radical (unpaired) electrons. The molecule has 0 saturated heterocycles. The predicted octanol–water partition coefficient (Wildman–Crippen LogP) is 4.12. The van der Waals surface area contributed by atoms with Crippen molar-refractivity contribution in [3.8, 4) is 0 Å². The van der Waals surface area contributed by atoms with Crippen LogP contribution in [0.2, 0.25) is 0 Å². The van der Waals surface area contributed by atoms with E-state index in [-0.39, 0.29) is 6.04 Å². The first-order valence-corrected chi connectivity index (χ1v) is 8.59. The number of aliphatic hydroxyl groups is 1. The van der Waals surface area contributed by atoms with Crippen molar-refractivity contribution in [3.05, 3.63) is 36.5 Å². The van der Waals surface area contributed by atoms with E-state index in [0.717, 1.165) is 30.5 Å². The van der Waals surface area contributed by atoms with Crippen LogP contribution in [0.25, 0.3) is 10.8 Å². The van der Waals surface area contributed by atoms with E-state index in [2.05, 4.69) is 34.6 Å². The zero-order valence-electron chi connectivity index (χ0n) is 13.0. The van der Waals surface area contributed by atoms with Crippen molar-refractivity contribution in [1.82, 2.24) is 4.98 Å². The largest absolute Gasteiger partial charge is 0.387 e. The molecule has 1 heterocycles. The lowest BCUT2D eigenvalue weighted by atomic mass is 9.65. The number of pyridine rings is 1. The molecule has 2 aromatic rings. The second-order valence-electron chi connectivity index (χ2n) is 6.98. The average molecular weight is 296 g/mol. The van der Waals surface area contributed by atoms with Crippen molar-refractivity contribution >= 4 is 16.6 Å². The van der Waals surface area contributed by atoms with Crippen LogP contribution >= 0.6 is 0 Å². The fourth-order valence-corrected chi connectivity index (χ4v) is 4.46. The fourth-order valence-electron chi connectivity index (χ4n) is 4.46. The minimum absolute atomic E-state index is 0.139. The molecule has 3 nitrogen and oxygen atoms in total. The molecule has 1 aromatic carbocycles. The molecule has 3 heteroatoms. The van der Waals surface area contributed by atoms with Crippen molar-refractivity contribution in [3.63, 3.8) is 0 Å². The van der Waals surface area contributed by atoms with Gasteiger partial charge >= 0.3 is 0 Å². The van der Waals surface area contributed by atoms with E-state index in [1.165, 1.54) is 31.1 Å². The number of rotatable bonds is 2. The molecule has 2 N–H and O–H groups in total. The summed E-state index contributed by atoms with van der Waals surface area (Å²) >= 11 is 0. The molecule has 3 atom stereocenters. The van der Waals surface area contributed by atoms with Gasteiger partial charge in [-0.1, -0.05) is 43.5 Å². The van der Waals surface area contributed by atoms with Gasteiger partial charge in [-0.05, 0) is 43.1 Å². The van der Waals surface area contributed by atoms with E-state index >= 15 is 0 Å². The Morgan fingerprint density at radius 3 is 2.77 bits per heavy atom. The van der Waals surface area contributed by atoms with Crippen molar-refractivity contribution in [2.75, 3.05) is 5.32 Å². The summed E-state index contributed by atoms with van der Waals surface area (Å²) in [5.74, 6) is 1.36. The highest BCUT2D eigenvalue weighted by Gasteiger charge is 2.47. The highest BCUT2D eigenvalue weighted by atomic mass is 16.3. The number of hydrogen-bond acceptors (Lipinski definition) is 3. The van der Waals surface area contributed by atoms with E-state index in [9.17, 15) is 5.11 Å². The molecule has 2 aliphatic carbocycles. The molecule has 2 saturated carbocycles. The zero-order chi connectivity index (χ0) is 15.0. The van der Waals surface area contributed by atoms with E-state index in [1.54, 1.807) is 0 Å². The quantitative estimate of drug-likeness (QED) is 0.876. The molecule has 1 aromatic heterocycles. The van der Waals surface area contributed by atoms with Gasteiger partial charge in [0.25, 0.3) is 0 Å². The van der Waals surface area contributed by atoms with E-state index in [4.69, 9.17) is 0 Å². The van der Waals surface area contributed by atoms with E-state index < -0.39 is 5.60 Å². The minimum Gasteiger partial charge on any atom is -0.387 e. The summed E-state index contributed by atoms with van der Waals surface area (Å²) in [6.45, 7) is 0. The maximum atomic E-state index is 11.2. The summed E-state index contributed by atoms with van der Waals surface area (Å²) in [5.41, 5.74) is -0.538. The number of nitrogens with zero attached hydrogens (tertiary/aromatic N) is 1. The first kappa shape index (κ1) is 14.0. The molecule has 116 valence electrons. The maximum Gasteiger partial charge on any atom is 0.126 e. The fraction of sp³-hybridized carbons (Fsp3) is 0.526. The summed E-state index contributed by atoms with van der Waals surface area (Å²) in [6.07, 6.45) is 9.88. The number of fused-ring (bicyclic) bond motifs is 2. The van der Waals surface area contributed by atoms with Crippen LogP contribution in [0.5, 0.6) is 0 Å². The Morgan fingerprint density at radius 1 is 1.05 bits per heavy atom. The third-order valence-electron chi connectivity index (χ3n) is 5.69. The molecule has 0 bridgehead atoms. The number of nitrogens with one attached hydrogen (secondary N) is 1.